The van der Waals surface area contributed by atoms with Crippen molar-refractivity contribution >= 4 is 11.8 Å². The van der Waals surface area contributed by atoms with E-state index in [4.69, 9.17) is 5.73 Å². The molecule has 96 valence electrons. The van der Waals surface area contributed by atoms with E-state index in [0.717, 1.165) is 25.7 Å². The number of rotatable bonds is 4. The van der Waals surface area contributed by atoms with E-state index in [-0.39, 0.29) is 29.7 Å². The number of hydrogen-bond acceptors (Lipinski definition) is 3. The molecular weight excluding hydrogens is 216 g/mol. The van der Waals surface area contributed by atoms with Crippen LogP contribution in [0, 0.1) is 17.8 Å². The SMILES string of the molecule is CC(C)CC(CN)N1C(=O)C2CCC(C2)C1=O. The van der Waals surface area contributed by atoms with Crippen LogP contribution in [0.1, 0.15) is 39.5 Å². The van der Waals surface area contributed by atoms with E-state index in [2.05, 4.69) is 13.8 Å². The molecule has 1 aliphatic heterocycles. The third-order valence-corrected chi connectivity index (χ3v) is 3.99. The molecule has 17 heavy (non-hydrogen) atoms. The van der Waals surface area contributed by atoms with Gasteiger partial charge in [-0.15, -0.1) is 0 Å². The number of nitrogens with zero attached hydrogens (tertiary/aromatic N) is 1. The third kappa shape index (κ3) is 2.23. The van der Waals surface area contributed by atoms with Gasteiger partial charge >= 0.3 is 0 Å². The summed E-state index contributed by atoms with van der Waals surface area (Å²) in [4.78, 5) is 25.9. The van der Waals surface area contributed by atoms with Gasteiger partial charge in [0.15, 0.2) is 0 Å². The number of piperidine rings is 1. The molecule has 4 heteroatoms. The zero-order valence-corrected chi connectivity index (χ0v) is 10.7. The van der Waals surface area contributed by atoms with E-state index in [1.165, 1.54) is 4.90 Å². The normalized spacial score (nSPS) is 30.2. The fourth-order valence-corrected chi connectivity index (χ4v) is 3.14. The van der Waals surface area contributed by atoms with Gasteiger partial charge in [0, 0.05) is 18.4 Å². The Balaban J connectivity index is 2.17. The fourth-order valence-electron chi connectivity index (χ4n) is 3.14. The predicted octanol–water partition coefficient (Wildman–Crippen LogP) is 1.14. The molecule has 2 rings (SSSR count). The summed E-state index contributed by atoms with van der Waals surface area (Å²) in [6, 6.07) is -0.0987. The number of amides is 2. The maximum Gasteiger partial charge on any atom is 0.232 e. The molecule has 2 bridgehead atoms. The van der Waals surface area contributed by atoms with E-state index in [1.807, 2.05) is 0 Å². The molecule has 3 unspecified atom stereocenters. The molecule has 1 aliphatic carbocycles. The second kappa shape index (κ2) is 4.77. The van der Waals surface area contributed by atoms with Crippen molar-refractivity contribution < 1.29 is 9.59 Å². The van der Waals surface area contributed by atoms with Gasteiger partial charge in [-0.05, 0) is 31.6 Å². The Labute approximate surface area is 103 Å². The number of likely N-dealkylation sites (tertiary alicyclic amines) is 1. The molecule has 0 aromatic heterocycles. The van der Waals surface area contributed by atoms with E-state index in [0.29, 0.717) is 12.5 Å². The first-order valence-corrected chi connectivity index (χ1v) is 6.61. The minimum atomic E-state index is -0.0987. The standard InChI is InChI=1S/C13H22N2O2/c1-8(2)5-11(7-14)15-12(16)9-3-4-10(6-9)13(15)17/h8-11H,3-7,14H2,1-2H3. The topological polar surface area (TPSA) is 63.4 Å². The monoisotopic (exact) mass is 238 g/mol. The van der Waals surface area contributed by atoms with Crippen molar-refractivity contribution in [3.8, 4) is 0 Å². The molecule has 1 saturated heterocycles. The maximum absolute atomic E-state index is 12.2. The highest BCUT2D eigenvalue weighted by atomic mass is 16.2. The molecule has 1 heterocycles. The Morgan fingerprint density at radius 1 is 1.24 bits per heavy atom. The molecule has 3 atom stereocenters. The van der Waals surface area contributed by atoms with E-state index < -0.39 is 0 Å². The summed E-state index contributed by atoms with van der Waals surface area (Å²) >= 11 is 0. The Hall–Kier alpha value is -0.900. The van der Waals surface area contributed by atoms with Crippen molar-refractivity contribution in [2.45, 2.75) is 45.6 Å². The van der Waals surface area contributed by atoms with Gasteiger partial charge in [0.05, 0.1) is 6.04 Å². The molecular formula is C13H22N2O2. The number of nitrogens with two attached hydrogens (primary N) is 1. The number of hydrogen-bond donors (Lipinski definition) is 1. The number of fused-ring (bicyclic) bond motifs is 2. The zero-order chi connectivity index (χ0) is 12.6. The zero-order valence-electron chi connectivity index (χ0n) is 10.7. The lowest BCUT2D eigenvalue weighted by Gasteiger charge is -2.36. The highest BCUT2D eigenvalue weighted by molar-refractivity contribution is 6.01. The maximum atomic E-state index is 12.2. The second-order valence-corrected chi connectivity index (χ2v) is 5.77. The van der Waals surface area contributed by atoms with Crippen molar-refractivity contribution in [3.63, 3.8) is 0 Å². The van der Waals surface area contributed by atoms with Crippen LogP contribution in [0.5, 0.6) is 0 Å². The minimum absolute atomic E-state index is 0.0276. The van der Waals surface area contributed by atoms with Crippen LogP contribution in [0.25, 0.3) is 0 Å². The molecule has 2 N–H and O–H groups in total. The first-order chi connectivity index (χ1) is 8.04. The second-order valence-electron chi connectivity index (χ2n) is 5.77. The summed E-state index contributed by atoms with van der Waals surface area (Å²) in [6.45, 7) is 4.57. The third-order valence-electron chi connectivity index (χ3n) is 3.99. The average Bonchev–Trinajstić information content (AvgIpc) is 2.71. The van der Waals surface area contributed by atoms with E-state index in [1.54, 1.807) is 0 Å². The van der Waals surface area contributed by atoms with Gasteiger partial charge in [-0.25, -0.2) is 0 Å². The lowest BCUT2D eigenvalue weighted by molar-refractivity contribution is -0.155. The van der Waals surface area contributed by atoms with Crippen LogP contribution < -0.4 is 5.73 Å². The smallest absolute Gasteiger partial charge is 0.232 e. The quantitative estimate of drug-likeness (QED) is 0.747. The molecule has 0 radical (unpaired) electrons. The summed E-state index contributed by atoms with van der Waals surface area (Å²) in [5.74, 6) is 0.668. The van der Waals surface area contributed by atoms with Crippen LogP contribution in [-0.2, 0) is 9.59 Å². The van der Waals surface area contributed by atoms with Crippen molar-refractivity contribution in [2.24, 2.45) is 23.5 Å². The lowest BCUT2D eigenvalue weighted by Crippen LogP contribution is -2.54. The minimum Gasteiger partial charge on any atom is -0.328 e. The Kier molecular flexibility index (Phi) is 3.52. The average molecular weight is 238 g/mol. The molecule has 1 saturated carbocycles. The van der Waals surface area contributed by atoms with Gasteiger partial charge in [0.1, 0.15) is 0 Å². The van der Waals surface area contributed by atoms with Crippen LogP contribution in [0.15, 0.2) is 0 Å². The van der Waals surface area contributed by atoms with Gasteiger partial charge in [0.2, 0.25) is 11.8 Å². The van der Waals surface area contributed by atoms with Crippen molar-refractivity contribution in [1.29, 1.82) is 0 Å². The fraction of sp³-hybridized carbons (Fsp3) is 0.846. The van der Waals surface area contributed by atoms with Crippen molar-refractivity contribution in [2.75, 3.05) is 6.54 Å². The van der Waals surface area contributed by atoms with Crippen LogP contribution in [0.3, 0.4) is 0 Å². The predicted molar refractivity (Wildman–Crippen MR) is 65.0 cm³/mol. The summed E-state index contributed by atoms with van der Waals surface area (Å²) in [5.41, 5.74) is 5.74. The number of carbonyl (C=O) groups is 2. The Morgan fingerprint density at radius 3 is 2.18 bits per heavy atom. The van der Waals surface area contributed by atoms with Crippen molar-refractivity contribution in [3.05, 3.63) is 0 Å². The number of carbonyl (C=O) groups excluding carboxylic acids is 2. The van der Waals surface area contributed by atoms with E-state index in [9.17, 15) is 9.59 Å². The molecule has 2 aliphatic rings. The molecule has 0 aromatic carbocycles. The summed E-state index contributed by atoms with van der Waals surface area (Å²) in [7, 11) is 0. The van der Waals surface area contributed by atoms with Crippen molar-refractivity contribution in [1.82, 2.24) is 4.90 Å². The number of imide groups is 1. The first kappa shape index (κ1) is 12.6. The lowest BCUT2D eigenvalue weighted by atomic mass is 9.93. The van der Waals surface area contributed by atoms with Crippen LogP contribution in [0.2, 0.25) is 0 Å². The Morgan fingerprint density at radius 2 is 1.76 bits per heavy atom. The van der Waals surface area contributed by atoms with E-state index >= 15 is 0 Å². The first-order valence-electron chi connectivity index (χ1n) is 6.61. The summed E-state index contributed by atoms with van der Waals surface area (Å²) < 4.78 is 0. The van der Waals surface area contributed by atoms with Crippen LogP contribution in [-0.4, -0.2) is 29.3 Å². The summed E-state index contributed by atoms with van der Waals surface area (Å²) in [5, 5.41) is 0. The van der Waals surface area contributed by atoms with Gasteiger partial charge in [-0.1, -0.05) is 13.8 Å². The van der Waals surface area contributed by atoms with Crippen LogP contribution >= 0.6 is 0 Å². The summed E-state index contributed by atoms with van der Waals surface area (Å²) in [6.07, 6.45) is 3.34. The van der Waals surface area contributed by atoms with Gasteiger partial charge in [-0.2, -0.15) is 0 Å². The molecule has 2 amide bonds. The van der Waals surface area contributed by atoms with Gasteiger partial charge in [-0.3, -0.25) is 14.5 Å². The molecule has 2 fully saturated rings. The molecule has 0 aromatic rings. The Bertz CT molecular complexity index is 305. The van der Waals surface area contributed by atoms with Gasteiger partial charge < -0.3 is 5.73 Å². The van der Waals surface area contributed by atoms with Crippen LogP contribution in [0.4, 0.5) is 0 Å². The molecule has 4 nitrogen and oxygen atoms in total. The molecule has 0 spiro atoms. The largest absolute Gasteiger partial charge is 0.328 e. The highest BCUT2D eigenvalue weighted by Gasteiger charge is 2.47. The highest BCUT2D eigenvalue weighted by Crippen LogP contribution is 2.39. The van der Waals surface area contributed by atoms with Gasteiger partial charge in [0.25, 0.3) is 0 Å².